The van der Waals surface area contributed by atoms with Gasteiger partial charge in [0.1, 0.15) is 6.04 Å². The van der Waals surface area contributed by atoms with Crippen molar-refractivity contribution in [3.8, 4) is 0 Å². The van der Waals surface area contributed by atoms with Crippen LogP contribution >= 0.6 is 13.5 Å². The van der Waals surface area contributed by atoms with Gasteiger partial charge in [-0.05, 0) is 11.6 Å². The molecule has 1 aromatic heterocycles. The van der Waals surface area contributed by atoms with Crippen molar-refractivity contribution in [3.63, 3.8) is 0 Å². The molecule has 0 aliphatic carbocycles. The minimum atomic E-state index is -0.972. The summed E-state index contributed by atoms with van der Waals surface area (Å²) in [7, 11) is 0. The van der Waals surface area contributed by atoms with E-state index in [0.717, 1.165) is 16.5 Å². The number of aliphatic carboxylic acids is 1. The third-order valence-corrected chi connectivity index (χ3v) is 2.43. The molecule has 4 nitrogen and oxygen atoms in total. The summed E-state index contributed by atoms with van der Waals surface area (Å²) in [6.07, 6.45) is 2.16. The molecule has 0 bridgehead atoms. The highest BCUT2D eigenvalue weighted by atomic mass is 32.1. The van der Waals surface area contributed by atoms with E-state index in [4.69, 9.17) is 10.8 Å². The predicted octanol–water partition coefficient (Wildman–Crippen LogP) is 1.24. The molecule has 0 unspecified atom stereocenters. The molecule has 5 heteroatoms. The zero-order chi connectivity index (χ0) is 10.8. The Kier molecular flexibility index (Phi) is 3.98. The molecule has 0 aliphatic rings. The molecular formula is C11H14N2O2S. The molecule has 86 valence electrons. The van der Waals surface area contributed by atoms with Crippen LogP contribution in [0.2, 0.25) is 0 Å². The summed E-state index contributed by atoms with van der Waals surface area (Å²) in [5.74, 6) is -0.972. The van der Waals surface area contributed by atoms with E-state index in [1.54, 1.807) is 0 Å². The van der Waals surface area contributed by atoms with Gasteiger partial charge in [-0.1, -0.05) is 18.2 Å². The SMILES string of the molecule is N[C@@H](Cc1c[nH]c2ccccc12)C(=O)O.S. The van der Waals surface area contributed by atoms with E-state index in [2.05, 4.69) is 4.98 Å². The van der Waals surface area contributed by atoms with Crippen LogP contribution in [0.5, 0.6) is 0 Å². The molecule has 16 heavy (non-hydrogen) atoms. The fraction of sp³-hybridized carbons (Fsp3) is 0.182. The number of carboxylic acid groups (broad SMARTS) is 1. The highest BCUT2D eigenvalue weighted by molar-refractivity contribution is 7.59. The number of nitrogens with one attached hydrogen (secondary N) is 1. The van der Waals surface area contributed by atoms with Gasteiger partial charge < -0.3 is 15.8 Å². The van der Waals surface area contributed by atoms with Crippen LogP contribution in [0.3, 0.4) is 0 Å². The van der Waals surface area contributed by atoms with Gasteiger partial charge in [0.2, 0.25) is 0 Å². The summed E-state index contributed by atoms with van der Waals surface area (Å²) in [5.41, 5.74) is 7.43. The number of benzene rings is 1. The lowest BCUT2D eigenvalue weighted by Crippen LogP contribution is -2.32. The van der Waals surface area contributed by atoms with Gasteiger partial charge in [-0.15, -0.1) is 0 Å². The number of hydrogen-bond acceptors (Lipinski definition) is 2. The Bertz CT molecular complexity index is 495. The fourth-order valence-electron chi connectivity index (χ4n) is 1.62. The molecule has 1 atom stereocenters. The highest BCUT2D eigenvalue weighted by Gasteiger charge is 2.14. The van der Waals surface area contributed by atoms with Gasteiger partial charge in [0.15, 0.2) is 0 Å². The van der Waals surface area contributed by atoms with Gasteiger partial charge in [0.25, 0.3) is 0 Å². The number of hydrogen-bond donors (Lipinski definition) is 3. The van der Waals surface area contributed by atoms with Crippen LogP contribution in [0, 0.1) is 0 Å². The van der Waals surface area contributed by atoms with Gasteiger partial charge in [-0.2, -0.15) is 13.5 Å². The first kappa shape index (κ1) is 12.6. The van der Waals surface area contributed by atoms with Crippen molar-refractivity contribution in [2.75, 3.05) is 0 Å². The summed E-state index contributed by atoms with van der Waals surface area (Å²) < 4.78 is 0. The number of carboxylic acids is 1. The van der Waals surface area contributed by atoms with Crippen LogP contribution in [0.1, 0.15) is 5.56 Å². The summed E-state index contributed by atoms with van der Waals surface area (Å²) in [5, 5.41) is 9.75. The minimum Gasteiger partial charge on any atom is -0.480 e. The molecular weight excluding hydrogens is 224 g/mol. The van der Waals surface area contributed by atoms with E-state index in [9.17, 15) is 4.79 Å². The maximum absolute atomic E-state index is 10.6. The minimum absolute atomic E-state index is 0. The van der Waals surface area contributed by atoms with E-state index >= 15 is 0 Å². The van der Waals surface area contributed by atoms with E-state index in [1.807, 2.05) is 30.5 Å². The molecule has 0 radical (unpaired) electrons. The van der Waals surface area contributed by atoms with Crippen LogP contribution in [0.25, 0.3) is 10.9 Å². The number of fused-ring (bicyclic) bond motifs is 1. The quantitative estimate of drug-likeness (QED) is 0.752. The second-order valence-electron chi connectivity index (χ2n) is 3.51. The number of para-hydroxylation sites is 1. The van der Waals surface area contributed by atoms with Gasteiger partial charge in [0, 0.05) is 23.5 Å². The normalized spacial score (nSPS) is 12.1. The van der Waals surface area contributed by atoms with Gasteiger partial charge in [-0.25, -0.2) is 0 Å². The summed E-state index contributed by atoms with van der Waals surface area (Å²) in [6.45, 7) is 0. The van der Waals surface area contributed by atoms with Gasteiger partial charge in [-0.3, -0.25) is 4.79 Å². The number of aromatic amines is 1. The van der Waals surface area contributed by atoms with Crippen molar-refractivity contribution in [1.82, 2.24) is 4.98 Å². The molecule has 0 amide bonds. The molecule has 0 saturated carbocycles. The van der Waals surface area contributed by atoms with Crippen molar-refractivity contribution in [2.45, 2.75) is 12.5 Å². The molecule has 1 heterocycles. The Hall–Kier alpha value is -1.46. The monoisotopic (exact) mass is 238 g/mol. The average molecular weight is 238 g/mol. The van der Waals surface area contributed by atoms with Crippen molar-refractivity contribution in [2.24, 2.45) is 5.73 Å². The largest absolute Gasteiger partial charge is 0.480 e. The molecule has 2 aromatic rings. The Balaban J connectivity index is 0.00000128. The maximum Gasteiger partial charge on any atom is 0.320 e. The van der Waals surface area contributed by atoms with Crippen LogP contribution in [0.15, 0.2) is 30.5 Å². The van der Waals surface area contributed by atoms with Crippen LogP contribution in [-0.2, 0) is 11.2 Å². The van der Waals surface area contributed by atoms with Crippen molar-refractivity contribution in [1.29, 1.82) is 0 Å². The summed E-state index contributed by atoms with van der Waals surface area (Å²) in [4.78, 5) is 13.7. The van der Waals surface area contributed by atoms with Crippen LogP contribution in [0.4, 0.5) is 0 Å². The van der Waals surface area contributed by atoms with Crippen molar-refractivity contribution >= 4 is 30.4 Å². The van der Waals surface area contributed by atoms with E-state index in [-0.39, 0.29) is 13.5 Å². The van der Waals surface area contributed by atoms with E-state index in [0.29, 0.717) is 6.42 Å². The van der Waals surface area contributed by atoms with E-state index < -0.39 is 12.0 Å². The Morgan fingerprint density at radius 3 is 2.81 bits per heavy atom. The topological polar surface area (TPSA) is 79.1 Å². The molecule has 0 spiro atoms. The smallest absolute Gasteiger partial charge is 0.320 e. The fourth-order valence-corrected chi connectivity index (χ4v) is 1.62. The first-order valence-corrected chi connectivity index (χ1v) is 4.72. The molecule has 0 fully saturated rings. The number of nitrogens with two attached hydrogens (primary N) is 1. The lowest BCUT2D eigenvalue weighted by atomic mass is 10.1. The van der Waals surface area contributed by atoms with Crippen molar-refractivity contribution in [3.05, 3.63) is 36.0 Å². The second kappa shape index (κ2) is 5.05. The average Bonchev–Trinajstić information content (AvgIpc) is 2.62. The molecule has 2 rings (SSSR count). The zero-order valence-electron chi connectivity index (χ0n) is 8.60. The second-order valence-corrected chi connectivity index (χ2v) is 3.51. The van der Waals surface area contributed by atoms with Gasteiger partial charge in [0.05, 0.1) is 0 Å². The Morgan fingerprint density at radius 1 is 1.44 bits per heavy atom. The van der Waals surface area contributed by atoms with Crippen LogP contribution in [-0.4, -0.2) is 22.1 Å². The molecule has 1 aromatic carbocycles. The lowest BCUT2D eigenvalue weighted by Gasteiger charge is -2.04. The van der Waals surface area contributed by atoms with Crippen LogP contribution < -0.4 is 5.73 Å². The van der Waals surface area contributed by atoms with Gasteiger partial charge >= 0.3 is 5.97 Å². The third-order valence-electron chi connectivity index (χ3n) is 2.43. The predicted molar refractivity (Wildman–Crippen MR) is 68.0 cm³/mol. The van der Waals surface area contributed by atoms with E-state index in [1.165, 1.54) is 0 Å². The number of aromatic nitrogens is 1. The summed E-state index contributed by atoms with van der Waals surface area (Å²) in [6, 6.07) is 6.91. The number of rotatable bonds is 3. The highest BCUT2D eigenvalue weighted by Crippen LogP contribution is 2.18. The lowest BCUT2D eigenvalue weighted by molar-refractivity contribution is -0.138. The first-order chi connectivity index (χ1) is 7.18. The Morgan fingerprint density at radius 2 is 2.12 bits per heavy atom. The Labute approximate surface area is 99.9 Å². The molecule has 0 aliphatic heterocycles. The third kappa shape index (κ3) is 2.37. The van der Waals surface area contributed by atoms with Crippen molar-refractivity contribution < 1.29 is 9.90 Å². The summed E-state index contributed by atoms with van der Waals surface area (Å²) >= 11 is 0. The zero-order valence-corrected chi connectivity index (χ0v) is 9.60. The standard InChI is InChI=1S/C11H12N2O2.H2S/c12-9(11(14)15)5-7-6-13-10-4-2-1-3-8(7)10;/h1-4,6,9,13H,5,12H2,(H,14,15);1H2/t9-;/m0./s1. The molecule has 4 N–H and O–H groups in total. The molecule has 0 saturated heterocycles. The number of H-pyrrole nitrogens is 1. The first-order valence-electron chi connectivity index (χ1n) is 4.72. The number of carbonyl (C=O) groups is 1. The maximum atomic E-state index is 10.6.